The fraction of sp³-hybridized carbons (Fsp3) is 0.121. The molecule has 0 spiro atoms. The van der Waals surface area contributed by atoms with Crippen molar-refractivity contribution < 1.29 is 19.1 Å². The zero-order chi connectivity index (χ0) is 28.9. The van der Waals surface area contributed by atoms with Gasteiger partial charge in [-0.3, -0.25) is 0 Å². The Morgan fingerprint density at radius 3 is 1.44 bits per heavy atom. The van der Waals surface area contributed by atoms with Gasteiger partial charge in [0.1, 0.15) is 0 Å². The molecule has 2 aliphatic rings. The molecule has 0 bridgehead atoms. The molecule has 2 aliphatic heterocycles. The zero-order valence-electron chi connectivity index (χ0n) is 22.9. The Hall–Kier alpha value is -4.32. The predicted molar refractivity (Wildman–Crippen MR) is 166 cm³/mol. The standard InChI is InChI=1S/C33H29N2O4PS/c1-34-32(41)35-33(24-16-8-4-9-17-24,25-18-10-5-11-19-25)28(30(36)38-2)29(31(37)39-3)40(34,35,26-20-12-6-13-21-26)27-22-14-7-15-23-27/h4-23H,1-3H3. The van der Waals surface area contributed by atoms with E-state index in [4.69, 9.17) is 21.7 Å². The van der Waals surface area contributed by atoms with Gasteiger partial charge in [0.05, 0.1) is 0 Å². The molecule has 4 aromatic rings. The molecule has 0 aliphatic carbocycles. The van der Waals surface area contributed by atoms with Crippen LogP contribution in [0, 0.1) is 0 Å². The minimum absolute atomic E-state index is 0.196. The summed E-state index contributed by atoms with van der Waals surface area (Å²) in [5, 5.41) is 2.47. The van der Waals surface area contributed by atoms with E-state index in [1.165, 1.54) is 14.2 Å². The number of hydrogen-bond donors (Lipinski definition) is 0. The van der Waals surface area contributed by atoms with Gasteiger partial charge in [0, 0.05) is 0 Å². The number of esters is 2. The van der Waals surface area contributed by atoms with E-state index in [-0.39, 0.29) is 10.9 Å². The van der Waals surface area contributed by atoms with Crippen LogP contribution in [-0.2, 0) is 24.6 Å². The Balaban J connectivity index is 1.97. The molecule has 1 saturated heterocycles. The molecule has 0 N–H and O–H groups in total. The van der Waals surface area contributed by atoms with Gasteiger partial charge in [-0.1, -0.05) is 0 Å². The van der Waals surface area contributed by atoms with E-state index in [1.54, 1.807) is 0 Å². The zero-order valence-corrected chi connectivity index (χ0v) is 24.6. The number of rotatable bonds is 6. The van der Waals surface area contributed by atoms with Gasteiger partial charge in [0.15, 0.2) is 0 Å². The van der Waals surface area contributed by atoms with Crippen LogP contribution in [0.2, 0.25) is 0 Å². The van der Waals surface area contributed by atoms with Crippen LogP contribution < -0.4 is 10.6 Å². The molecular formula is C33H29N2O4PS. The van der Waals surface area contributed by atoms with Gasteiger partial charge in [-0.2, -0.15) is 0 Å². The Morgan fingerprint density at radius 1 is 0.659 bits per heavy atom. The predicted octanol–water partition coefficient (Wildman–Crippen LogP) is 5.11. The third kappa shape index (κ3) is 3.02. The van der Waals surface area contributed by atoms with Crippen molar-refractivity contribution in [2.45, 2.75) is 5.54 Å². The summed E-state index contributed by atoms with van der Waals surface area (Å²) in [5.41, 5.74) is 0.441. The Kier molecular flexibility index (Phi) is 6.33. The first-order valence-electron chi connectivity index (χ1n) is 13.2. The molecule has 0 amide bonds. The van der Waals surface area contributed by atoms with Crippen LogP contribution in [0.4, 0.5) is 0 Å². The quantitative estimate of drug-likeness (QED) is 0.179. The van der Waals surface area contributed by atoms with Crippen molar-refractivity contribution in [2.24, 2.45) is 0 Å². The van der Waals surface area contributed by atoms with Crippen LogP contribution in [0.3, 0.4) is 0 Å². The molecule has 0 aromatic heterocycles. The summed E-state index contributed by atoms with van der Waals surface area (Å²) in [4.78, 5) is 28.8. The maximum atomic E-state index is 14.4. The number of thiocarbonyl (C=S) groups is 1. The third-order valence-corrected chi connectivity index (χ3v) is 15.6. The number of ether oxygens (including phenoxy) is 2. The summed E-state index contributed by atoms with van der Waals surface area (Å²) in [6.07, 6.45) is 0. The molecule has 6 rings (SSSR count). The van der Waals surface area contributed by atoms with Crippen molar-refractivity contribution in [1.29, 1.82) is 0 Å². The Labute approximate surface area is 244 Å². The average molecular weight is 581 g/mol. The summed E-state index contributed by atoms with van der Waals surface area (Å²) in [6, 6.07) is 39.2. The van der Waals surface area contributed by atoms with E-state index in [9.17, 15) is 9.59 Å². The summed E-state index contributed by atoms with van der Waals surface area (Å²) in [7, 11) is 4.61. The molecule has 0 radical (unpaired) electrons. The van der Waals surface area contributed by atoms with Crippen LogP contribution in [0.5, 0.6) is 0 Å². The summed E-state index contributed by atoms with van der Waals surface area (Å²) in [5.74, 6) is -1.23. The van der Waals surface area contributed by atoms with Gasteiger partial charge in [-0.15, -0.1) is 0 Å². The second kappa shape index (κ2) is 9.65. The number of benzene rings is 4. The second-order valence-corrected chi connectivity index (χ2v) is 14.9. The molecule has 41 heavy (non-hydrogen) atoms. The topological polar surface area (TPSA) is 59.1 Å². The molecular weight excluding hydrogens is 551 g/mol. The molecule has 6 nitrogen and oxygen atoms in total. The van der Waals surface area contributed by atoms with Crippen molar-refractivity contribution in [1.82, 2.24) is 9.34 Å². The van der Waals surface area contributed by atoms with Gasteiger partial charge in [-0.05, 0) is 0 Å². The molecule has 8 heteroatoms. The average Bonchev–Trinajstić information content (AvgIpc) is 3.29. The first-order chi connectivity index (χ1) is 19.9. The van der Waals surface area contributed by atoms with Gasteiger partial charge < -0.3 is 0 Å². The fourth-order valence-corrected chi connectivity index (χ4v) is 15.0. The van der Waals surface area contributed by atoms with Crippen molar-refractivity contribution >= 4 is 46.8 Å². The van der Waals surface area contributed by atoms with E-state index < -0.39 is 24.4 Å². The number of carbonyl (C=O) groups excluding carboxylic acids is 2. The molecule has 1 fully saturated rings. The number of fused-ring (bicyclic) bond motifs is 1. The fourth-order valence-electron chi connectivity index (χ4n) is 6.92. The van der Waals surface area contributed by atoms with Crippen molar-refractivity contribution in [3.05, 3.63) is 143 Å². The molecule has 206 valence electrons. The van der Waals surface area contributed by atoms with E-state index >= 15 is 0 Å². The number of carbonyl (C=O) groups is 2. The van der Waals surface area contributed by atoms with Crippen LogP contribution >= 0.6 is 19.1 Å². The van der Waals surface area contributed by atoms with Crippen molar-refractivity contribution in [2.75, 3.05) is 21.3 Å². The van der Waals surface area contributed by atoms with Gasteiger partial charge in [-0.25, -0.2) is 0 Å². The molecule has 0 unspecified atom stereocenters. The molecule has 0 atom stereocenters. The first kappa shape index (κ1) is 26.9. The van der Waals surface area contributed by atoms with Gasteiger partial charge >= 0.3 is 245 Å². The van der Waals surface area contributed by atoms with E-state index in [0.29, 0.717) is 5.11 Å². The number of hydrogen-bond acceptors (Lipinski definition) is 5. The number of methoxy groups -OCH3 is 2. The first-order valence-corrected chi connectivity index (χ1v) is 15.7. The van der Waals surface area contributed by atoms with Crippen LogP contribution in [0.1, 0.15) is 11.1 Å². The summed E-state index contributed by atoms with van der Waals surface area (Å²) < 4.78 is 15.3. The van der Waals surface area contributed by atoms with E-state index in [2.05, 4.69) is 4.67 Å². The monoisotopic (exact) mass is 580 g/mol. The van der Waals surface area contributed by atoms with Crippen molar-refractivity contribution in [3.8, 4) is 0 Å². The Bertz CT molecular complexity index is 1620. The maximum absolute atomic E-state index is 14.4. The van der Waals surface area contributed by atoms with Crippen LogP contribution in [-0.4, -0.2) is 47.7 Å². The minimum atomic E-state index is -4.25. The molecule has 4 aromatic carbocycles. The Morgan fingerprint density at radius 2 is 1.05 bits per heavy atom. The van der Waals surface area contributed by atoms with E-state index in [1.807, 2.05) is 133 Å². The number of nitrogens with zero attached hydrogens (tertiary/aromatic N) is 2. The normalized spacial score (nSPS) is 18.9. The SMILES string of the molecule is COC(=O)C1=C(C(=O)OC)P2(c3ccccc3)(c3ccccc3)N(C)C(=S)N2C1(c1ccccc1)c1ccccc1. The third-order valence-electron chi connectivity index (χ3n) is 8.41. The second-order valence-electron chi connectivity index (χ2n) is 9.96. The summed E-state index contributed by atoms with van der Waals surface area (Å²) >= 11 is 6.24. The molecule has 0 saturated carbocycles. The molecule has 2 heterocycles. The van der Waals surface area contributed by atoms with Crippen LogP contribution in [0.15, 0.2) is 132 Å². The van der Waals surface area contributed by atoms with E-state index in [0.717, 1.165) is 21.7 Å². The van der Waals surface area contributed by atoms with Gasteiger partial charge in [0.25, 0.3) is 0 Å². The van der Waals surface area contributed by atoms with Crippen molar-refractivity contribution in [3.63, 3.8) is 0 Å². The van der Waals surface area contributed by atoms with Crippen LogP contribution in [0.25, 0.3) is 0 Å². The van der Waals surface area contributed by atoms with Gasteiger partial charge in [0.2, 0.25) is 0 Å². The summed E-state index contributed by atoms with van der Waals surface area (Å²) in [6.45, 7) is -4.25.